The lowest BCUT2D eigenvalue weighted by Crippen LogP contribution is -2.21. The summed E-state index contributed by atoms with van der Waals surface area (Å²) in [4.78, 5) is 0. The van der Waals surface area contributed by atoms with Crippen molar-refractivity contribution in [2.75, 3.05) is 24.7 Å². The van der Waals surface area contributed by atoms with E-state index in [4.69, 9.17) is 10.5 Å². The van der Waals surface area contributed by atoms with E-state index in [1.165, 1.54) is 0 Å². The molecule has 1 unspecified atom stereocenters. The number of benzene rings is 1. The van der Waals surface area contributed by atoms with Crippen LogP contribution in [-0.4, -0.2) is 24.9 Å². The molecule has 0 aliphatic heterocycles. The first kappa shape index (κ1) is 13.6. The smallest absolute Gasteiger partial charge is 0.121 e. The molecule has 1 aromatic carbocycles. The third-order valence-corrected chi connectivity index (χ3v) is 2.53. The van der Waals surface area contributed by atoms with E-state index >= 15 is 0 Å². The molecule has 96 valence electrons. The fourth-order valence-electron chi connectivity index (χ4n) is 1.67. The molecular formula is C13H22N2O2. The predicted molar refractivity (Wildman–Crippen MR) is 71.4 cm³/mol. The largest absolute Gasteiger partial charge is 0.497 e. The van der Waals surface area contributed by atoms with E-state index < -0.39 is 0 Å². The lowest BCUT2D eigenvalue weighted by molar-refractivity contribution is 0.161. The van der Waals surface area contributed by atoms with E-state index in [0.717, 1.165) is 17.9 Å². The molecule has 1 aromatic rings. The van der Waals surface area contributed by atoms with Crippen LogP contribution >= 0.6 is 0 Å². The standard InChI is InChI=1S/C13H22N2O2/c1-9(2)6-10(16)8-15-13-7-11(17-3)4-5-12(13)14/h4-5,7,9-10,15-16H,6,8,14H2,1-3H3. The number of methoxy groups -OCH3 is 1. The van der Waals surface area contributed by atoms with Crippen LogP contribution in [0.15, 0.2) is 18.2 Å². The zero-order valence-electron chi connectivity index (χ0n) is 10.7. The molecule has 0 amide bonds. The number of rotatable bonds is 6. The molecule has 4 nitrogen and oxygen atoms in total. The number of aliphatic hydroxyl groups excluding tert-OH is 1. The highest BCUT2D eigenvalue weighted by molar-refractivity contribution is 5.68. The normalized spacial score (nSPS) is 12.5. The lowest BCUT2D eigenvalue weighted by Gasteiger charge is -2.16. The van der Waals surface area contributed by atoms with Crippen LogP contribution in [0.4, 0.5) is 11.4 Å². The van der Waals surface area contributed by atoms with Gasteiger partial charge in [-0.15, -0.1) is 0 Å². The van der Waals surface area contributed by atoms with Crippen LogP contribution in [0.2, 0.25) is 0 Å². The summed E-state index contributed by atoms with van der Waals surface area (Å²) >= 11 is 0. The van der Waals surface area contributed by atoms with Crippen molar-refractivity contribution in [2.24, 2.45) is 5.92 Å². The highest BCUT2D eigenvalue weighted by Crippen LogP contribution is 2.24. The van der Waals surface area contributed by atoms with Crippen molar-refractivity contribution in [3.05, 3.63) is 18.2 Å². The van der Waals surface area contributed by atoms with Gasteiger partial charge in [0.15, 0.2) is 0 Å². The SMILES string of the molecule is COc1ccc(N)c(NCC(O)CC(C)C)c1. The van der Waals surface area contributed by atoms with Gasteiger partial charge in [0.1, 0.15) is 5.75 Å². The minimum absolute atomic E-state index is 0.361. The highest BCUT2D eigenvalue weighted by Gasteiger charge is 2.08. The van der Waals surface area contributed by atoms with Crippen LogP contribution in [0, 0.1) is 5.92 Å². The fraction of sp³-hybridized carbons (Fsp3) is 0.538. The molecule has 0 saturated heterocycles. The van der Waals surface area contributed by atoms with Gasteiger partial charge in [-0.25, -0.2) is 0 Å². The van der Waals surface area contributed by atoms with Crippen LogP contribution in [0.25, 0.3) is 0 Å². The van der Waals surface area contributed by atoms with Crippen molar-refractivity contribution < 1.29 is 9.84 Å². The minimum Gasteiger partial charge on any atom is -0.497 e. The second-order valence-corrected chi connectivity index (χ2v) is 4.62. The molecule has 1 atom stereocenters. The average Bonchev–Trinajstić information content (AvgIpc) is 2.27. The van der Waals surface area contributed by atoms with Crippen molar-refractivity contribution in [3.63, 3.8) is 0 Å². The van der Waals surface area contributed by atoms with Gasteiger partial charge in [0.2, 0.25) is 0 Å². The van der Waals surface area contributed by atoms with Gasteiger partial charge in [0.25, 0.3) is 0 Å². The van der Waals surface area contributed by atoms with Gasteiger partial charge in [0.05, 0.1) is 24.6 Å². The monoisotopic (exact) mass is 238 g/mol. The summed E-state index contributed by atoms with van der Waals surface area (Å²) in [5, 5.41) is 12.9. The van der Waals surface area contributed by atoms with E-state index in [-0.39, 0.29) is 6.10 Å². The van der Waals surface area contributed by atoms with Crippen LogP contribution in [-0.2, 0) is 0 Å². The van der Waals surface area contributed by atoms with Gasteiger partial charge in [-0.1, -0.05) is 13.8 Å². The summed E-state index contributed by atoms with van der Waals surface area (Å²) in [5.74, 6) is 1.23. The molecule has 1 rings (SSSR count). The van der Waals surface area contributed by atoms with Gasteiger partial charge >= 0.3 is 0 Å². The predicted octanol–water partition coefficient (Wildman–Crippen LogP) is 2.10. The number of aliphatic hydroxyl groups is 1. The van der Waals surface area contributed by atoms with E-state index in [0.29, 0.717) is 18.2 Å². The molecule has 0 aliphatic carbocycles. The lowest BCUT2D eigenvalue weighted by atomic mass is 10.1. The highest BCUT2D eigenvalue weighted by atomic mass is 16.5. The number of hydrogen-bond acceptors (Lipinski definition) is 4. The van der Waals surface area contributed by atoms with Crippen LogP contribution < -0.4 is 15.8 Å². The van der Waals surface area contributed by atoms with E-state index in [9.17, 15) is 5.11 Å². The second kappa shape index (κ2) is 6.35. The summed E-state index contributed by atoms with van der Waals surface area (Å²) in [6.45, 7) is 4.67. The third kappa shape index (κ3) is 4.53. The van der Waals surface area contributed by atoms with Crippen molar-refractivity contribution in [2.45, 2.75) is 26.4 Å². The van der Waals surface area contributed by atoms with Gasteiger partial charge in [-0.3, -0.25) is 0 Å². The van der Waals surface area contributed by atoms with E-state index in [2.05, 4.69) is 19.2 Å². The Hall–Kier alpha value is -1.42. The molecule has 0 saturated carbocycles. The Morgan fingerprint density at radius 1 is 1.41 bits per heavy atom. The zero-order valence-corrected chi connectivity index (χ0v) is 10.7. The summed E-state index contributed by atoms with van der Waals surface area (Å²) in [7, 11) is 1.61. The summed E-state index contributed by atoms with van der Waals surface area (Å²) in [5.41, 5.74) is 7.29. The molecule has 17 heavy (non-hydrogen) atoms. The zero-order chi connectivity index (χ0) is 12.8. The molecule has 0 radical (unpaired) electrons. The number of nitrogen functional groups attached to an aromatic ring is 1. The quantitative estimate of drug-likeness (QED) is 0.664. The van der Waals surface area contributed by atoms with Crippen LogP contribution in [0.5, 0.6) is 5.75 Å². The molecule has 0 fully saturated rings. The van der Waals surface area contributed by atoms with Gasteiger partial charge in [-0.2, -0.15) is 0 Å². The van der Waals surface area contributed by atoms with E-state index in [1.807, 2.05) is 12.1 Å². The Morgan fingerprint density at radius 2 is 2.12 bits per heavy atom. The topological polar surface area (TPSA) is 67.5 Å². The molecule has 4 N–H and O–H groups in total. The molecule has 0 spiro atoms. The molecular weight excluding hydrogens is 216 g/mol. The maximum absolute atomic E-state index is 9.76. The summed E-state index contributed by atoms with van der Waals surface area (Å²) in [6.07, 6.45) is 0.414. The maximum atomic E-state index is 9.76. The first-order chi connectivity index (χ1) is 8.02. The third-order valence-electron chi connectivity index (χ3n) is 2.53. The van der Waals surface area contributed by atoms with Crippen LogP contribution in [0.3, 0.4) is 0 Å². The van der Waals surface area contributed by atoms with E-state index in [1.54, 1.807) is 13.2 Å². The van der Waals surface area contributed by atoms with Crippen molar-refractivity contribution in [1.82, 2.24) is 0 Å². The number of nitrogens with one attached hydrogen (secondary N) is 1. The average molecular weight is 238 g/mol. The first-order valence-electron chi connectivity index (χ1n) is 5.88. The van der Waals surface area contributed by atoms with Crippen molar-refractivity contribution in [3.8, 4) is 5.75 Å². The number of nitrogens with two attached hydrogens (primary N) is 1. The van der Waals surface area contributed by atoms with Gasteiger partial charge in [-0.05, 0) is 24.5 Å². The maximum Gasteiger partial charge on any atom is 0.121 e. The summed E-state index contributed by atoms with van der Waals surface area (Å²) in [6, 6.07) is 5.43. The molecule has 0 aromatic heterocycles. The molecule has 0 bridgehead atoms. The summed E-state index contributed by atoms with van der Waals surface area (Å²) < 4.78 is 5.12. The fourth-order valence-corrected chi connectivity index (χ4v) is 1.67. The number of ether oxygens (including phenoxy) is 1. The number of hydrogen-bond donors (Lipinski definition) is 3. The first-order valence-corrected chi connectivity index (χ1v) is 5.88. The van der Waals surface area contributed by atoms with Gasteiger partial charge in [0, 0.05) is 12.6 Å². The Kier molecular flexibility index (Phi) is 5.10. The molecule has 4 heteroatoms. The van der Waals surface area contributed by atoms with Crippen molar-refractivity contribution in [1.29, 1.82) is 0 Å². The van der Waals surface area contributed by atoms with Gasteiger partial charge < -0.3 is 20.9 Å². The number of anilines is 2. The Balaban J connectivity index is 2.56. The van der Waals surface area contributed by atoms with Crippen molar-refractivity contribution >= 4 is 11.4 Å². The molecule has 0 aliphatic rings. The van der Waals surface area contributed by atoms with Crippen LogP contribution in [0.1, 0.15) is 20.3 Å². The second-order valence-electron chi connectivity index (χ2n) is 4.62. The Labute approximate surface area is 103 Å². The Morgan fingerprint density at radius 3 is 2.71 bits per heavy atom. The molecule has 0 heterocycles. The minimum atomic E-state index is -0.361. The Bertz CT molecular complexity index is 353.